The van der Waals surface area contributed by atoms with Crippen molar-refractivity contribution in [2.75, 3.05) is 4.72 Å². The lowest BCUT2D eigenvalue weighted by molar-refractivity contribution is 0.600. The van der Waals surface area contributed by atoms with Crippen LogP contribution in [0.25, 0.3) is 0 Å². The number of nitrogens with zero attached hydrogens (tertiary/aromatic N) is 1. The van der Waals surface area contributed by atoms with Gasteiger partial charge in [0.05, 0.1) is 0 Å². The first-order chi connectivity index (χ1) is 7.99. The van der Waals surface area contributed by atoms with Gasteiger partial charge in [-0.3, -0.25) is 4.72 Å². The molecule has 0 unspecified atom stereocenters. The first kappa shape index (κ1) is 13.0. The van der Waals surface area contributed by atoms with E-state index in [-0.39, 0.29) is 4.90 Å². The van der Waals surface area contributed by atoms with Crippen LogP contribution < -0.4 is 4.72 Å². The first-order valence-corrected chi connectivity index (χ1v) is 8.31. The van der Waals surface area contributed by atoms with Crippen molar-refractivity contribution in [3.63, 3.8) is 0 Å². The molecule has 1 N–H and O–H groups in total. The number of hydrogen-bond donors (Lipinski definition) is 1. The maximum Gasteiger partial charge on any atom is 0.264 e. The number of nitrogens with one attached hydrogen (secondary N) is 1. The Morgan fingerprint density at radius 1 is 1.29 bits per heavy atom. The van der Waals surface area contributed by atoms with E-state index in [1.54, 1.807) is 23.7 Å². The summed E-state index contributed by atoms with van der Waals surface area (Å²) in [6.45, 7) is 0. The average molecular weight is 398 g/mol. The molecule has 1 heterocycles. The van der Waals surface area contributed by atoms with E-state index in [0.29, 0.717) is 9.60 Å². The molecule has 0 saturated carbocycles. The third kappa shape index (κ3) is 3.06. The van der Waals surface area contributed by atoms with E-state index in [9.17, 15) is 8.42 Å². The Hall–Kier alpha value is -0.440. The Morgan fingerprint density at radius 3 is 2.65 bits per heavy atom. The van der Waals surface area contributed by atoms with E-state index in [4.69, 9.17) is 0 Å². The van der Waals surface area contributed by atoms with Gasteiger partial charge in [-0.05, 0) is 34.1 Å². The third-order valence-corrected chi connectivity index (χ3v) is 5.46. The fourth-order valence-corrected chi connectivity index (χ4v) is 4.67. The standard InChI is InChI=1S/C9H6Br2N2O2S2/c10-6-1-2-8(7(11)5-6)17(14,15)13-9-12-3-4-16-9/h1-5H,(H,12,13). The van der Waals surface area contributed by atoms with E-state index in [1.165, 1.54) is 17.4 Å². The van der Waals surface area contributed by atoms with Crippen molar-refractivity contribution in [3.05, 3.63) is 38.7 Å². The van der Waals surface area contributed by atoms with Crippen LogP contribution >= 0.6 is 43.2 Å². The van der Waals surface area contributed by atoms with Gasteiger partial charge in [-0.2, -0.15) is 0 Å². The van der Waals surface area contributed by atoms with Crippen LogP contribution in [0.5, 0.6) is 0 Å². The molecule has 0 atom stereocenters. The quantitative estimate of drug-likeness (QED) is 0.862. The predicted molar refractivity (Wildman–Crippen MR) is 74.8 cm³/mol. The van der Waals surface area contributed by atoms with Gasteiger partial charge in [0.2, 0.25) is 0 Å². The second kappa shape index (κ2) is 5.05. The van der Waals surface area contributed by atoms with Crippen LogP contribution in [0.1, 0.15) is 0 Å². The van der Waals surface area contributed by atoms with Gasteiger partial charge in [-0.15, -0.1) is 11.3 Å². The van der Waals surface area contributed by atoms with Gasteiger partial charge >= 0.3 is 0 Å². The summed E-state index contributed by atoms with van der Waals surface area (Å²) in [5, 5.41) is 2.05. The van der Waals surface area contributed by atoms with Gasteiger partial charge < -0.3 is 0 Å². The highest BCUT2D eigenvalue weighted by atomic mass is 79.9. The maximum absolute atomic E-state index is 12.0. The summed E-state index contributed by atoms with van der Waals surface area (Å²) in [5.41, 5.74) is 0. The Bertz CT molecular complexity index is 626. The summed E-state index contributed by atoms with van der Waals surface area (Å²) in [5.74, 6) is 0. The van der Waals surface area contributed by atoms with Gasteiger partial charge in [0.25, 0.3) is 10.0 Å². The van der Waals surface area contributed by atoms with E-state index < -0.39 is 10.0 Å². The first-order valence-electron chi connectivity index (χ1n) is 4.36. The zero-order valence-corrected chi connectivity index (χ0v) is 13.0. The van der Waals surface area contributed by atoms with Crippen LogP contribution in [-0.4, -0.2) is 13.4 Å². The van der Waals surface area contributed by atoms with E-state index in [2.05, 4.69) is 41.6 Å². The molecule has 17 heavy (non-hydrogen) atoms. The van der Waals surface area contributed by atoms with Crippen LogP contribution in [0.4, 0.5) is 5.13 Å². The molecular formula is C9H6Br2N2O2S2. The van der Waals surface area contributed by atoms with Crippen LogP contribution in [0.2, 0.25) is 0 Å². The molecule has 0 amide bonds. The van der Waals surface area contributed by atoms with Crippen molar-refractivity contribution < 1.29 is 8.42 Å². The maximum atomic E-state index is 12.0. The SMILES string of the molecule is O=S(=O)(Nc1nccs1)c1ccc(Br)cc1Br. The van der Waals surface area contributed by atoms with Crippen molar-refractivity contribution in [2.45, 2.75) is 4.90 Å². The van der Waals surface area contributed by atoms with Crippen LogP contribution in [-0.2, 0) is 10.0 Å². The highest BCUT2D eigenvalue weighted by molar-refractivity contribution is 9.11. The number of sulfonamides is 1. The van der Waals surface area contributed by atoms with Gasteiger partial charge in [-0.25, -0.2) is 13.4 Å². The second-order valence-corrected chi connectivity index (χ2v) is 7.33. The Labute approximate surface area is 119 Å². The van der Waals surface area contributed by atoms with Crippen LogP contribution in [0.15, 0.2) is 43.6 Å². The molecule has 0 aliphatic heterocycles. The lowest BCUT2D eigenvalue weighted by Gasteiger charge is -2.07. The molecule has 0 spiro atoms. The lowest BCUT2D eigenvalue weighted by Crippen LogP contribution is -2.13. The molecule has 0 aliphatic rings. The lowest BCUT2D eigenvalue weighted by atomic mass is 10.4. The van der Waals surface area contributed by atoms with E-state index in [1.807, 2.05) is 0 Å². The normalized spacial score (nSPS) is 11.4. The minimum Gasteiger partial charge on any atom is -0.255 e. The van der Waals surface area contributed by atoms with Crippen molar-refractivity contribution in [1.82, 2.24) is 4.98 Å². The van der Waals surface area contributed by atoms with E-state index >= 15 is 0 Å². The highest BCUT2D eigenvalue weighted by Crippen LogP contribution is 2.27. The van der Waals surface area contributed by atoms with Crippen molar-refractivity contribution in [3.8, 4) is 0 Å². The zero-order chi connectivity index (χ0) is 12.5. The number of halogens is 2. The number of anilines is 1. The number of benzene rings is 1. The minimum absolute atomic E-state index is 0.177. The molecule has 0 aliphatic carbocycles. The molecule has 1 aromatic carbocycles. The molecule has 0 bridgehead atoms. The molecule has 2 rings (SSSR count). The number of aromatic nitrogens is 1. The van der Waals surface area contributed by atoms with Gasteiger partial charge in [0.1, 0.15) is 4.90 Å². The highest BCUT2D eigenvalue weighted by Gasteiger charge is 2.18. The van der Waals surface area contributed by atoms with Crippen molar-refractivity contribution >= 4 is 58.4 Å². The van der Waals surface area contributed by atoms with Gasteiger partial charge in [0, 0.05) is 20.5 Å². The predicted octanol–water partition coefficient (Wildman–Crippen LogP) is 3.47. The number of thiazole rings is 1. The molecular weight excluding hydrogens is 392 g/mol. The van der Waals surface area contributed by atoms with Crippen molar-refractivity contribution in [2.24, 2.45) is 0 Å². The second-order valence-electron chi connectivity index (χ2n) is 3.02. The smallest absolute Gasteiger partial charge is 0.255 e. The Balaban J connectivity index is 2.38. The largest absolute Gasteiger partial charge is 0.264 e. The molecule has 0 saturated heterocycles. The third-order valence-electron chi connectivity index (χ3n) is 1.84. The van der Waals surface area contributed by atoms with Gasteiger partial charge in [-0.1, -0.05) is 15.9 Å². The van der Waals surface area contributed by atoms with Crippen LogP contribution in [0, 0.1) is 0 Å². The monoisotopic (exact) mass is 396 g/mol. The zero-order valence-electron chi connectivity index (χ0n) is 8.22. The molecule has 2 aromatic rings. The molecule has 90 valence electrons. The van der Waals surface area contributed by atoms with Crippen molar-refractivity contribution in [1.29, 1.82) is 0 Å². The van der Waals surface area contributed by atoms with Gasteiger partial charge in [0.15, 0.2) is 5.13 Å². The minimum atomic E-state index is -3.60. The summed E-state index contributed by atoms with van der Waals surface area (Å²) in [6, 6.07) is 4.86. The molecule has 8 heteroatoms. The number of hydrogen-bond acceptors (Lipinski definition) is 4. The molecule has 1 aromatic heterocycles. The average Bonchev–Trinajstić information content (AvgIpc) is 2.68. The van der Waals surface area contributed by atoms with E-state index in [0.717, 1.165) is 4.47 Å². The summed E-state index contributed by atoms with van der Waals surface area (Å²) >= 11 is 7.72. The fourth-order valence-electron chi connectivity index (χ4n) is 1.14. The summed E-state index contributed by atoms with van der Waals surface area (Å²) in [6.07, 6.45) is 1.54. The molecule has 0 radical (unpaired) electrons. The molecule has 4 nitrogen and oxygen atoms in total. The summed E-state index contributed by atoms with van der Waals surface area (Å²) < 4.78 is 27.8. The topological polar surface area (TPSA) is 59.1 Å². The number of rotatable bonds is 3. The fraction of sp³-hybridized carbons (Fsp3) is 0. The summed E-state index contributed by atoms with van der Waals surface area (Å²) in [4.78, 5) is 4.05. The molecule has 0 fully saturated rings. The Kier molecular flexibility index (Phi) is 3.86. The summed E-state index contributed by atoms with van der Waals surface area (Å²) in [7, 11) is -3.60. The Morgan fingerprint density at radius 2 is 2.06 bits per heavy atom. The van der Waals surface area contributed by atoms with Crippen LogP contribution in [0.3, 0.4) is 0 Å².